The van der Waals surface area contributed by atoms with Crippen LogP contribution in [0, 0.1) is 6.92 Å². The summed E-state index contributed by atoms with van der Waals surface area (Å²) in [6.07, 6.45) is 0.751. The van der Waals surface area contributed by atoms with Crippen molar-refractivity contribution in [2.45, 2.75) is 11.8 Å². The van der Waals surface area contributed by atoms with Crippen molar-refractivity contribution in [3.05, 3.63) is 23.8 Å². The van der Waals surface area contributed by atoms with Gasteiger partial charge in [-0.2, -0.15) is 4.31 Å². The number of methoxy groups -OCH3 is 1. The molecule has 1 heterocycles. The van der Waals surface area contributed by atoms with Gasteiger partial charge >= 0.3 is 0 Å². The standard InChI is InChI=1S/C13H18N2O4S/c1-11-9-12(3-4-13(11)19-2)20(17,18)15-7-5-14(10-16)6-8-15/h3-4,9-10H,5-8H2,1-2H3. The number of benzene rings is 1. The number of carbonyl (C=O) groups excluding carboxylic acids is 1. The van der Waals surface area contributed by atoms with Crippen molar-refractivity contribution >= 4 is 16.4 Å². The topological polar surface area (TPSA) is 66.9 Å². The molecule has 6 nitrogen and oxygen atoms in total. The van der Waals surface area contributed by atoms with Crippen molar-refractivity contribution in [2.75, 3.05) is 33.3 Å². The molecule has 1 aromatic rings. The highest BCUT2D eigenvalue weighted by molar-refractivity contribution is 7.89. The smallest absolute Gasteiger partial charge is 0.243 e. The molecule has 20 heavy (non-hydrogen) atoms. The van der Waals surface area contributed by atoms with Crippen LogP contribution in [0.4, 0.5) is 0 Å². The van der Waals surface area contributed by atoms with Crippen molar-refractivity contribution in [3.63, 3.8) is 0 Å². The molecule has 7 heteroatoms. The van der Waals surface area contributed by atoms with E-state index in [1.807, 2.05) is 6.92 Å². The highest BCUT2D eigenvalue weighted by Crippen LogP contribution is 2.24. The highest BCUT2D eigenvalue weighted by atomic mass is 32.2. The van der Waals surface area contributed by atoms with Gasteiger partial charge in [-0.15, -0.1) is 0 Å². The summed E-state index contributed by atoms with van der Waals surface area (Å²) in [5, 5.41) is 0. The quantitative estimate of drug-likeness (QED) is 0.758. The third kappa shape index (κ3) is 2.78. The number of rotatable bonds is 4. The fourth-order valence-corrected chi connectivity index (χ4v) is 3.72. The minimum absolute atomic E-state index is 0.260. The average molecular weight is 298 g/mol. The Morgan fingerprint density at radius 3 is 2.35 bits per heavy atom. The van der Waals surface area contributed by atoms with E-state index in [1.165, 1.54) is 4.31 Å². The predicted molar refractivity (Wildman–Crippen MR) is 74.1 cm³/mol. The Bertz CT molecular complexity index is 592. The van der Waals surface area contributed by atoms with E-state index < -0.39 is 10.0 Å². The van der Waals surface area contributed by atoms with Crippen molar-refractivity contribution in [1.82, 2.24) is 9.21 Å². The molecule has 0 aliphatic carbocycles. The highest BCUT2D eigenvalue weighted by Gasteiger charge is 2.28. The molecule has 1 aromatic carbocycles. The van der Waals surface area contributed by atoms with Crippen LogP contribution in [0.5, 0.6) is 5.75 Å². The van der Waals surface area contributed by atoms with Crippen LogP contribution >= 0.6 is 0 Å². The number of hydrogen-bond donors (Lipinski definition) is 0. The van der Waals surface area contributed by atoms with E-state index in [-0.39, 0.29) is 4.90 Å². The summed E-state index contributed by atoms with van der Waals surface area (Å²) < 4.78 is 31.6. The second-order valence-corrected chi connectivity index (χ2v) is 6.61. The molecular weight excluding hydrogens is 280 g/mol. The molecular formula is C13H18N2O4S. The molecule has 0 bridgehead atoms. The van der Waals surface area contributed by atoms with Crippen molar-refractivity contribution < 1.29 is 17.9 Å². The third-order valence-electron chi connectivity index (χ3n) is 3.43. The van der Waals surface area contributed by atoms with E-state index in [4.69, 9.17) is 4.74 Å². The first kappa shape index (κ1) is 14.8. The maximum absolute atomic E-state index is 12.5. The van der Waals surface area contributed by atoms with Gasteiger partial charge < -0.3 is 9.64 Å². The normalized spacial score (nSPS) is 17.0. The zero-order valence-electron chi connectivity index (χ0n) is 11.6. The first-order valence-corrected chi connectivity index (χ1v) is 7.77. The summed E-state index contributed by atoms with van der Waals surface area (Å²) in [5.41, 5.74) is 0.778. The predicted octanol–water partition coefficient (Wildman–Crippen LogP) is 0.466. The van der Waals surface area contributed by atoms with Crippen molar-refractivity contribution in [2.24, 2.45) is 0 Å². The maximum atomic E-state index is 12.5. The molecule has 1 aliphatic heterocycles. The van der Waals surface area contributed by atoms with Crippen LogP contribution in [-0.2, 0) is 14.8 Å². The minimum atomic E-state index is -3.51. The summed E-state index contributed by atoms with van der Waals surface area (Å²) in [5.74, 6) is 0.662. The number of carbonyl (C=O) groups is 1. The Morgan fingerprint density at radius 2 is 1.85 bits per heavy atom. The van der Waals surface area contributed by atoms with E-state index in [1.54, 1.807) is 30.2 Å². The molecule has 1 amide bonds. The Hall–Kier alpha value is -1.60. The van der Waals surface area contributed by atoms with E-state index in [0.717, 1.165) is 12.0 Å². The largest absolute Gasteiger partial charge is 0.496 e. The van der Waals surface area contributed by atoms with E-state index in [9.17, 15) is 13.2 Å². The van der Waals surface area contributed by atoms with Crippen LogP contribution in [0.1, 0.15) is 5.56 Å². The SMILES string of the molecule is COc1ccc(S(=O)(=O)N2CCN(C=O)CC2)cc1C. The van der Waals surface area contributed by atoms with Gasteiger partial charge in [0.15, 0.2) is 0 Å². The summed E-state index contributed by atoms with van der Waals surface area (Å²) in [6.45, 7) is 3.32. The molecule has 0 N–H and O–H groups in total. The zero-order valence-corrected chi connectivity index (χ0v) is 12.4. The molecule has 110 valence electrons. The van der Waals surface area contributed by atoms with Crippen LogP contribution < -0.4 is 4.74 Å². The number of ether oxygens (including phenoxy) is 1. The lowest BCUT2D eigenvalue weighted by atomic mass is 10.2. The van der Waals surface area contributed by atoms with Gasteiger partial charge in [0, 0.05) is 26.2 Å². The summed E-state index contributed by atoms with van der Waals surface area (Å²) >= 11 is 0. The van der Waals surface area contributed by atoms with Crippen LogP contribution in [0.2, 0.25) is 0 Å². The number of amides is 1. The van der Waals surface area contributed by atoms with E-state index in [0.29, 0.717) is 31.9 Å². The lowest BCUT2D eigenvalue weighted by Gasteiger charge is -2.31. The third-order valence-corrected chi connectivity index (χ3v) is 5.32. The average Bonchev–Trinajstić information content (AvgIpc) is 2.47. The van der Waals surface area contributed by atoms with Crippen LogP contribution in [0.3, 0.4) is 0 Å². The summed E-state index contributed by atoms with van der Waals surface area (Å²) in [6, 6.07) is 4.82. The molecule has 1 saturated heterocycles. The van der Waals surface area contributed by atoms with Gasteiger partial charge in [0.2, 0.25) is 16.4 Å². The first-order valence-electron chi connectivity index (χ1n) is 6.33. The Morgan fingerprint density at radius 1 is 1.20 bits per heavy atom. The number of piperazine rings is 1. The Balaban J connectivity index is 2.22. The van der Waals surface area contributed by atoms with E-state index >= 15 is 0 Å². The van der Waals surface area contributed by atoms with Gasteiger partial charge in [0.25, 0.3) is 0 Å². The molecule has 1 fully saturated rings. The summed E-state index contributed by atoms with van der Waals surface area (Å²) in [7, 11) is -1.96. The molecule has 0 aromatic heterocycles. The van der Waals surface area contributed by atoms with E-state index in [2.05, 4.69) is 0 Å². The van der Waals surface area contributed by atoms with Gasteiger partial charge in [-0.05, 0) is 30.7 Å². The van der Waals surface area contributed by atoms with Crippen LogP contribution in [0.15, 0.2) is 23.1 Å². The maximum Gasteiger partial charge on any atom is 0.243 e. The fourth-order valence-electron chi connectivity index (χ4n) is 2.21. The van der Waals surface area contributed by atoms with Crippen molar-refractivity contribution in [1.29, 1.82) is 0 Å². The second kappa shape index (κ2) is 5.80. The zero-order chi connectivity index (χ0) is 14.8. The number of nitrogens with zero attached hydrogens (tertiary/aromatic N) is 2. The number of aryl methyl sites for hydroxylation is 1. The van der Waals surface area contributed by atoms with Gasteiger partial charge in [-0.25, -0.2) is 8.42 Å². The van der Waals surface area contributed by atoms with Gasteiger partial charge in [0.05, 0.1) is 12.0 Å². The lowest BCUT2D eigenvalue weighted by molar-refractivity contribution is -0.119. The fraction of sp³-hybridized carbons (Fsp3) is 0.462. The molecule has 0 spiro atoms. The minimum Gasteiger partial charge on any atom is -0.496 e. The molecule has 1 aliphatic rings. The molecule has 0 atom stereocenters. The van der Waals surface area contributed by atoms with Crippen molar-refractivity contribution in [3.8, 4) is 5.75 Å². The Labute approximate surface area is 119 Å². The van der Waals surface area contributed by atoms with Gasteiger partial charge in [-0.3, -0.25) is 4.79 Å². The number of sulfonamides is 1. The van der Waals surface area contributed by atoms with Crippen LogP contribution in [-0.4, -0.2) is 57.3 Å². The van der Waals surface area contributed by atoms with Crippen LogP contribution in [0.25, 0.3) is 0 Å². The Kier molecular flexibility index (Phi) is 4.29. The molecule has 2 rings (SSSR count). The first-order chi connectivity index (χ1) is 9.48. The molecule has 0 unspecified atom stereocenters. The monoisotopic (exact) mass is 298 g/mol. The second-order valence-electron chi connectivity index (χ2n) is 4.68. The number of hydrogen-bond acceptors (Lipinski definition) is 4. The summed E-state index contributed by atoms with van der Waals surface area (Å²) in [4.78, 5) is 12.5. The lowest BCUT2D eigenvalue weighted by Crippen LogP contribution is -2.47. The van der Waals surface area contributed by atoms with Gasteiger partial charge in [0.1, 0.15) is 5.75 Å². The molecule has 0 radical (unpaired) electrons. The molecule has 0 saturated carbocycles. The van der Waals surface area contributed by atoms with Gasteiger partial charge in [-0.1, -0.05) is 0 Å².